The van der Waals surface area contributed by atoms with Crippen molar-refractivity contribution >= 4 is 24.2 Å². The number of rotatable bonds is 2. The molecule has 0 bridgehead atoms. The van der Waals surface area contributed by atoms with Crippen LogP contribution in [-0.4, -0.2) is 4.87 Å². The molecule has 0 heterocycles. The summed E-state index contributed by atoms with van der Waals surface area (Å²) in [5.74, 6) is 0. The Balaban J connectivity index is 2.83. The molecular formula is C9H12ClNS. The Morgan fingerprint density at radius 1 is 1.50 bits per heavy atom. The van der Waals surface area contributed by atoms with Gasteiger partial charge in [0.1, 0.15) is 0 Å². The maximum atomic E-state index is 5.94. The largest absolute Gasteiger partial charge is 0.317 e. The number of halogens is 1. The molecule has 0 saturated heterocycles. The van der Waals surface area contributed by atoms with E-state index in [1.54, 1.807) is 0 Å². The molecule has 0 saturated carbocycles. The molecule has 12 heavy (non-hydrogen) atoms. The van der Waals surface area contributed by atoms with Gasteiger partial charge in [0.2, 0.25) is 0 Å². The maximum absolute atomic E-state index is 5.94. The summed E-state index contributed by atoms with van der Waals surface area (Å²) >= 11 is 10.2. The van der Waals surface area contributed by atoms with Gasteiger partial charge in [0, 0.05) is 11.4 Å². The van der Waals surface area contributed by atoms with E-state index < -0.39 is 4.87 Å². The summed E-state index contributed by atoms with van der Waals surface area (Å²) in [5.41, 5.74) is 6.78. The predicted octanol–water partition coefficient (Wildman–Crippen LogP) is 2.49. The molecule has 1 rings (SSSR count). The van der Waals surface area contributed by atoms with Crippen LogP contribution in [0.4, 0.5) is 0 Å². The first-order valence-electron chi connectivity index (χ1n) is 3.74. The standard InChI is InChI=1S/C9H12ClNS/c1-9(11,12)6-7-4-2-3-5-8(7)10/h2-5,12H,6,11H2,1H3/t9-/m1/s1. The van der Waals surface area contributed by atoms with Crippen molar-refractivity contribution < 1.29 is 0 Å². The van der Waals surface area contributed by atoms with Gasteiger partial charge in [-0.25, -0.2) is 0 Å². The first kappa shape index (κ1) is 9.90. The minimum Gasteiger partial charge on any atom is -0.317 e. The molecule has 0 radical (unpaired) electrons. The molecule has 1 nitrogen and oxygen atoms in total. The monoisotopic (exact) mass is 201 g/mol. The highest BCUT2D eigenvalue weighted by atomic mass is 35.5. The van der Waals surface area contributed by atoms with Crippen LogP contribution in [0.5, 0.6) is 0 Å². The van der Waals surface area contributed by atoms with Gasteiger partial charge in [-0.3, -0.25) is 0 Å². The van der Waals surface area contributed by atoms with Crippen molar-refractivity contribution in [3.05, 3.63) is 34.9 Å². The number of nitrogens with two attached hydrogens (primary N) is 1. The van der Waals surface area contributed by atoms with Crippen LogP contribution in [0.15, 0.2) is 24.3 Å². The van der Waals surface area contributed by atoms with E-state index in [-0.39, 0.29) is 0 Å². The lowest BCUT2D eigenvalue weighted by Crippen LogP contribution is -2.31. The molecule has 0 aromatic heterocycles. The molecule has 66 valence electrons. The van der Waals surface area contributed by atoms with Gasteiger partial charge in [0.05, 0.1) is 4.87 Å². The van der Waals surface area contributed by atoms with Crippen LogP contribution in [-0.2, 0) is 6.42 Å². The summed E-state index contributed by atoms with van der Waals surface area (Å²) in [5, 5.41) is 0.753. The highest BCUT2D eigenvalue weighted by Gasteiger charge is 2.13. The lowest BCUT2D eigenvalue weighted by Gasteiger charge is -2.17. The molecule has 1 atom stereocenters. The molecule has 0 aliphatic heterocycles. The second-order valence-electron chi connectivity index (χ2n) is 3.13. The van der Waals surface area contributed by atoms with Crippen molar-refractivity contribution in [3.63, 3.8) is 0 Å². The molecule has 0 spiro atoms. The summed E-state index contributed by atoms with van der Waals surface area (Å²) in [6.07, 6.45) is 0.676. The highest BCUT2D eigenvalue weighted by Crippen LogP contribution is 2.21. The molecule has 0 aliphatic carbocycles. The van der Waals surface area contributed by atoms with Crippen LogP contribution in [0, 0.1) is 0 Å². The Labute approximate surface area is 83.3 Å². The zero-order valence-electron chi connectivity index (χ0n) is 6.92. The number of hydrogen-bond acceptors (Lipinski definition) is 2. The summed E-state index contributed by atoms with van der Waals surface area (Å²) in [7, 11) is 0. The summed E-state index contributed by atoms with van der Waals surface area (Å²) in [4.78, 5) is -0.495. The van der Waals surface area contributed by atoms with Gasteiger partial charge in [-0.15, -0.1) is 0 Å². The van der Waals surface area contributed by atoms with Gasteiger partial charge in [-0.1, -0.05) is 29.8 Å². The Morgan fingerprint density at radius 2 is 2.08 bits per heavy atom. The third kappa shape index (κ3) is 3.05. The molecule has 3 heteroatoms. The van der Waals surface area contributed by atoms with E-state index in [9.17, 15) is 0 Å². The smallest absolute Gasteiger partial charge is 0.0603 e. The lowest BCUT2D eigenvalue weighted by atomic mass is 10.1. The maximum Gasteiger partial charge on any atom is 0.0603 e. The second-order valence-corrected chi connectivity index (χ2v) is 4.55. The fraction of sp³-hybridized carbons (Fsp3) is 0.333. The van der Waals surface area contributed by atoms with E-state index in [0.29, 0.717) is 6.42 Å². The number of hydrogen-bond donors (Lipinski definition) is 2. The molecule has 0 fully saturated rings. The van der Waals surface area contributed by atoms with Crippen LogP contribution >= 0.6 is 24.2 Å². The zero-order chi connectivity index (χ0) is 9.19. The van der Waals surface area contributed by atoms with Crippen LogP contribution in [0.3, 0.4) is 0 Å². The van der Waals surface area contributed by atoms with Crippen molar-refractivity contribution in [2.75, 3.05) is 0 Å². The number of thiol groups is 1. The highest BCUT2D eigenvalue weighted by molar-refractivity contribution is 7.81. The molecule has 1 aromatic carbocycles. The zero-order valence-corrected chi connectivity index (χ0v) is 8.57. The van der Waals surface area contributed by atoms with Crippen molar-refractivity contribution in [2.24, 2.45) is 5.73 Å². The van der Waals surface area contributed by atoms with Crippen molar-refractivity contribution in [2.45, 2.75) is 18.2 Å². The van der Waals surface area contributed by atoms with Crippen LogP contribution in [0.2, 0.25) is 5.02 Å². The van der Waals surface area contributed by atoms with Crippen LogP contribution < -0.4 is 5.73 Å². The van der Waals surface area contributed by atoms with Crippen LogP contribution in [0.1, 0.15) is 12.5 Å². The summed E-state index contributed by atoms with van der Waals surface area (Å²) in [6.45, 7) is 1.86. The fourth-order valence-electron chi connectivity index (χ4n) is 1.03. The Morgan fingerprint density at radius 3 is 2.58 bits per heavy atom. The Kier molecular flexibility index (Phi) is 3.04. The summed E-state index contributed by atoms with van der Waals surface area (Å²) < 4.78 is 0. The van der Waals surface area contributed by atoms with E-state index in [0.717, 1.165) is 10.6 Å². The molecule has 0 amide bonds. The quantitative estimate of drug-likeness (QED) is 0.558. The SMILES string of the molecule is C[C@@](N)(S)Cc1ccccc1Cl. The van der Waals surface area contributed by atoms with Crippen molar-refractivity contribution in [3.8, 4) is 0 Å². The van der Waals surface area contributed by atoms with Crippen molar-refractivity contribution in [1.82, 2.24) is 0 Å². The fourth-order valence-corrected chi connectivity index (χ4v) is 1.40. The predicted molar refractivity (Wildman–Crippen MR) is 56.7 cm³/mol. The Hall–Kier alpha value is -0.180. The van der Waals surface area contributed by atoms with E-state index in [1.807, 2.05) is 31.2 Å². The minimum absolute atomic E-state index is 0.495. The van der Waals surface area contributed by atoms with E-state index in [1.165, 1.54) is 0 Å². The third-order valence-electron chi connectivity index (χ3n) is 1.51. The molecule has 2 N–H and O–H groups in total. The van der Waals surface area contributed by atoms with E-state index >= 15 is 0 Å². The topological polar surface area (TPSA) is 26.0 Å². The first-order valence-corrected chi connectivity index (χ1v) is 4.56. The first-order chi connectivity index (χ1) is 5.49. The normalized spacial score (nSPS) is 15.7. The minimum atomic E-state index is -0.495. The van der Waals surface area contributed by atoms with Gasteiger partial charge in [0.15, 0.2) is 0 Å². The Bertz CT molecular complexity index is 267. The molecule has 0 unspecified atom stereocenters. The van der Waals surface area contributed by atoms with Crippen molar-refractivity contribution in [1.29, 1.82) is 0 Å². The second kappa shape index (κ2) is 3.69. The number of benzene rings is 1. The molecular weight excluding hydrogens is 190 g/mol. The van der Waals surface area contributed by atoms with E-state index in [4.69, 9.17) is 17.3 Å². The molecule has 0 aliphatic rings. The molecule has 1 aromatic rings. The summed E-state index contributed by atoms with van der Waals surface area (Å²) in [6, 6.07) is 7.67. The average Bonchev–Trinajstić information content (AvgIpc) is 1.91. The van der Waals surface area contributed by atoms with Gasteiger partial charge in [0.25, 0.3) is 0 Å². The van der Waals surface area contributed by atoms with Gasteiger partial charge in [-0.05, 0) is 18.6 Å². The van der Waals surface area contributed by atoms with Crippen LogP contribution in [0.25, 0.3) is 0 Å². The van der Waals surface area contributed by atoms with Gasteiger partial charge in [-0.2, -0.15) is 12.6 Å². The lowest BCUT2D eigenvalue weighted by molar-refractivity contribution is 0.679. The van der Waals surface area contributed by atoms with Gasteiger partial charge >= 0.3 is 0 Å². The van der Waals surface area contributed by atoms with E-state index in [2.05, 4.69) is 12.6 Å². The average molecular weight is 202 g/mol. The van der Waals surface area contributed by atoms with Gasteiger partial charge < -0.3 is 5.73 Å². The third-order valence-corrected chi connectivity index (χ3v) is 2.03.